The first kappa shape index (κ1) is 10.7. The van der Waals surface area contributed by atoms with Gasteiger partial charge < -0.3 is 0 Å². The van der Waals surface area contributed by atoms with Crippen molar-refractivity contribution in [2.75, 3.05) is 5.33 Å². The average Bonchev–Trinajstić information content (AvgIpc) is 2.19. The van der Waals surface area contributed by atoms with Gasteiger partial charge in [-0.25, -0.2) is 8.78 Å². The van der Waals surface area contributed by atoms with Gasteiger partial charge in [-0.1, -0.05) is 27.8 Å². The molecule has 0 amide bonds. The maximum Gasteiger partial charge on any atom is 0.160 e. The molecule has 0 radical (unpaired) electrons. The van der Waals surface area contributed by atoms with Crippen LogP contribution in [0.2, 0.25) is 0 Å². The van der Waals surface area contributed by atoms with Crippen molar-refractivity contribution in [1.82, 2.24) is 0 Å². The Hall–Kier alpha value is -1.39. The van der Waals surface area contributed by atoms with Crippen LogP contribution < -0.4 is 0 Å². The van der Waals surface area contributed by atoms with Crippen molar-refractivity contribution in [2.24, 2.45) is 0 Å². The van der Waals surface area contributed by atoms with Crippen LogP contribution in [0.15, 0.2) is 12.1 Å². The largest absolute Gasteiger partial charge is 0.204 e. The Bertz CT molecular complexity index is 452. The Morgan fingerprint density at radius 1 is 1.21 bits per heavy atom. The van der Waals surface area contributed by atoms with Crippen LogP contribution in [0.25, 0.3) is 0 Å². The van der Waals surface area contributed by atoms with Crippen LogP contribution in [0.1, 0.15) is 11.1 Å². The quantitative estimate of drug-likeness (QED) is 0.517. The summed E-state index contributed by atoms with van der Waals surface area (Å²) in [4.78, 5) is 0. The van der Waals surface area contributed by atoms with E-state index in [1.807, 2.05) is 0 Å². The fraction of sp³-hybridized carbons (Fsp3) is 0.100. The molecule has 14 heavy (non-hydrogen) atoms. The van der Waals surface area contributed by atoms with Gasteiger partial charge in [0.2, 0.25) is 0 Å². The molecule has 0 aromatic heterocycles. The maximum absolute atomic E-state index is 12.8. The van der Waals surface area contributed by atoms with Gasteiger partial charge >= 0.3 is 0 Å². The minimum Gasteiger partial charge on any atom is -0.204 e. The molecule has 0 N–H and O–H groups in total. The molecular weight excluding hydrogens is 252 g/mol. The first-order valence-corrected chi connectivity index (χ1v) is 4.75. The molecule has 0 bridgehead atoms. The van der Waals surface area contributed by atoms with Gasteiger partial charge in [0.15, 0.2) is 11.6 Å². The molecule has 1 aromatic carbocycles. The number of alkyl halides is 1. The molecule has 0 aliphatic rings. The van der Waals surface area contributed by atoms with E-state index in [1.54, 1.807) is 6.07 Å². The number of halogens is 3. The Balaban J connectivity index is 3.29. The van der Waals surface area contributed by atoms with Crippen molar-refractivity contribution in [3.05, 3.63) is 34.9 Å². The van der Waals surface area contributed by atoms with Crippen LogP contribution in [-0.4, -0.2) is 5.33 Å². The highest BCUT2D eigenvalue weighted by atomic mass is 79.9. The molecule has 0 aliphatic heterocycles. The first-order valence-electron chi connectivity index (χ1n) is 3.63. The SMILES string of the molecule is N#Cc1cc(F)c(F)cc1C#CCBr. The summed E-state index contributed by atoms with van der Waals surface area (Å²) in [5.74, 6) is 3.13. The zero-order valence-corrected chi connectivity index (χ0v) is 8.53. The van der Waals surface area contributed by atoms with Crippen molar-refractivity contribution >= 4 is 15.9 Å². The molecule has 0 spiro atoms. The lowest BCUT2D eigenvalue weighted by atomic mass is 10.1. The summed E-state index contributed by atoms with van der Waals surface area (Å²) in [6.45, 7) is 0. The third-order valence-corrected chi connectivity index (χ3v) is 1.75. The number of hydrogen-bond donors (Lipinski definition) is 0. The summed E-state index contributed by atoms with van der Waals surface area (Å²) in [5.41, 5.74) is 0.239. The molecular formula is C10H4BrF2N. The van der Waals surface area contributed by atoms with E-state index in [-0.39, 0.29) is 11.1 Å². The minimum absolute atomic E-state index is 0.0392. The smallest absolute Gasteiger partial charge is 0.160 e. The molecule has 4 heteroatoms. The van der Waals surface area contributed by atoms with Crippen molar-refractivity contribution in [1.29, 1.82) is 5.26 Å². The monoisotopic (exact) mass is 255 g/mol. The van der Waals surface area contributed by atoms with Crippen LogP contribution in [0.4, 0.5) is 8.78 Å². The maximum atomic E-state index is 12.8. The Kier molecular flexibility index (Phi) is 3.62. The lowest BCUT2D eigenvalue weighted by Crippen LogP contribution is -1.91. The van der Waals surface area contributed by atoms with E-state index in [4.69, 9.17) is 5.26 Å². The summed E-state index contributed by atoms with van der Waals surface area (Å²) in [6.07, 6.45) is 0. The van der Waals surface area contributed by atoms with Crippen LogP contribution in [0.3, 0.4) is 0 Å². The second kappa shape index (κ2) is 4.74. The van der Waals surface area contributed by atoms with Crippen molar-refractivity contribution in [2.45, 2.75) is 0 Å². The van der Waals surface area contributed by atoms with Gasteiger partial charge in [0.1, 0.15) is 6.07 Å². The minimum atomic E-state index is -1.04. The van der Waals surface area contributed by atoms with E-state index in [9.17, 15) is 8.78 Å². The van der Waals surface area contributed by atoms with E-state index in [0.29, 0.717) is 5.33 Å². The summed E-state index contributed by atoms with van der Waals surface area (Å²) in [7, 11) is 0. The van der Waals surface area contributed by atoms with Crippen LogP contribution in [0, 0.1) is 34.8 Å². The second-order valence-corrected chi connectivity index (χ2v) is 2.92. The summed E-state index contributed by atoms with van der Waals surface area (Å²) in [6, 6.07) is 3.51. The number of rotatable bonds is 0. The summed E-state index contributed by atoms with van der Waals surface area (Å²) in [5, 5.41) is 9.03. The number of nitrogens with zero attached hydrogens (tertiary/aromatic N) is 1. The van der Waals surface area contributed by atoms with Crippen molar-refractivity contribution in [3.63, 3.8) is 0 Å². The van der Waals surface area contributed by atoms with Gasteiger partial charge in [0.25, 0.3) is 0 Å². The third-order valence-electron chi connectivity index (χ3n) is 1.47. The second-order valence-electron chi connectivity index (χ2n) is 2.36. The highest BCUT2D eigenvalue weighted by Gasteiger charge is 2.07. The van der Waals surface area contributed by atoms with E-state index in [1.165, 1.54) is 0 Å². The Morgan fingerprint density at radius 3 is 2.29 bits per heavy atom. The fourth-order valence-electron chi connectivity index (χ4n) is 0.871. The molecule has 0 heterocycles. The van der Waals surface area contributed by atoms with E-state index < -0.39 is 11.6 Å². The Morgan fingerprint density at radius 2 is 1.79 bits per heavy atom. The van der Waals surface area contributed by atoms with E-state index in [0.717, 1.165) is 12.1 Å². The summed E-state index contributed by atoms with van der Waals surface area (Å²) >= 11 is 3.06. The lowest BCUT2D eigenvalue weighted by molar-refractivity contribution is 0.508. The molecule has 0 saturated heterocycles. The van der Waals surface area contributed by atoms with Gasteiger partial charge in [-0.2, -0.15) is 5.26 Å². The molecule has 1 rings (SSSR count). The standard InChI is InChI=1S/C10H4BrF2N/c11-3-1-2-7-4-9(12)10(13)5-8(7)6-14/h4-5H,3H2. The number of nitriles is 1. The highest BCUT2D eigenvalue weighted by Crippen LogP contribution is 2.13. The van der Waals surface area contributed by atoms with Gasteiger partial charge in [0.05, 0.1) is 10.9 Å². The fourth-order valence-corrected chi connectivity index (χ4v) is 1.01. The zero-order valence-electron chi connectivity index (χ0n) is 6.94. The Labute approximate surface area is 88.5 Å². The normalized spacial score (nSPS) is 8.71. The molecule has 0 atom stereocenters. The molecule has 0 aliphatic carbocycles. The molecule has 1 nitrogen and oxygen atoms in total. The lowest BCUT2D eigenvalue weighted by Gasteiger charge is -1.96. The zero-order chi connectivity index (χ0) is 10.6. The number of benzene rings is 1. The van der Waals surface area contributed by atoms with Crippen LogP contribution >= 0.6 is 15.9 Å². The van der Waals surface area contributed by atoms with Gasteiger partial charge in [0, 0.05) is 5.56 Å². The predicted molar refractivity (Wildman–Crippen MR) is 51.7 cm³/mol. The highest BCUT2D eigenvalue weighted by molar-refractivity contribution is 9.09. The van der Waals surface area contributed by atoms with Crippen LogP contribution in [-0.2, 0) is 0 Å². The first-order chi connectivity index (χ1) is 6.69. The molecule has 0 unspecified atom stereocenters. The topological polar surface area (TPSA) is 23.8 Å². The van der Waals surface area contributed by atoms with Gasteiger partial charge in [-0.15, -0.1) is 0 Å². The van der Waals surface area contributed by atoms with E-state index >= 15 is 0 Å². The van der Waals surface area contributed by atoms with Crippen molar-refractivity contribution in [3.8, 4) is 17.9 Å². The van der Waals surface area contributed by atoms with Gasteiger partial charge in [-0.05, 0) is 12.1 Å². The molecule has 1 aromatic rings. The van der Waals surface area contributed by atoms with E-state index in [2.05, 4.69) is 27.8 Å². The molecule has 0 fully saturated rings. The molecule has 0 saturated carbocycles. The summed E-state index contributed by atoms with van der Waals surface area (Å²) < 4.78 is 25.4. The molecule has 70 valence electrons. The number of hydrogen-bond acceptors (Lipinski definition) is 1. The van der Waals surface area contributed by atoms with Crippen molar-refractivity contribution < 1.29 is 8.78 Å². The third kappa shape index (κ3) is 2.31. The average molecular weight is 256 g/mol. The van der Waals surface area contributed by atoms with Gasteiger partial charge in [-0.3, -0.25) is 0 Å². The van der Waals surface area contributed by atoms with Crippen LogP contribution in [0.5, 0.6) is 0 Å². The predicted octanol–water partition coefficient (Wildman–Crippen LogP) is 2.58.